The van der Waals surface area contributed by atoms with Gasteiger partial charge in [0.25, 0.3) is 5.91 Å². The largest absolute Gasteiger partial charge is 0.486 e. The smallest absolute Gasteiger partial charge is 0.257 e. The Labute approximate surface area is 113 Å². The second kappa shape index (κ2) is 5.93. The van der Waals surface area contributed by atoms with Gasteiger partial charge in [-0.25, -0.2) is 0 Å². The van der Waals surface area contributed by atoms with E-state index in [2.05, 4.69) is 0 Å². The molecule has 0 aliphatic carbocycles. The molecule has 1 unspecified atom stereocenters. The van der Waals surface area contributed by atoms with Crippen LogP contribution >= 0.6 is 0 Å². The van der Waals surface area contributed by atoms with Gasteiger partial charge in [0.1, 0.15) is 13.2 Å². The van der Waals surface area contributed by atoms with Crippen LogP contribution in [0.15, 0.2) is 18.2 Å². The Morgan fingerprint density at radius 3 is 2.89 bits per heavy atom. The monoisotopic (exact) mass is 264 g/mol. The van der Waals surface area contributed by atoms with Crippen LogP contribution in [0.5, 0.6) is 11.5 Å². The van der Waals surface area contributed by atoms with Crippen LogP contribution in [-0.2, 0) is 0 Å². The van der Waals surface area contributed by atoms with Crippen LogP contribution in [0.2, 0.25) is 0 Å². The molecule has 104 valence electrons. The standard InChI is InChI=1S/C14H20N2O3/c1-10(15)6-7-16(2)14(17)11-4-3-5-12-13(11)19-9-8-18-12/h3-5,10H,6-9,15H2,1-2H3. The van der Waals surface area contributed by atoms with Crippen molar-refractivity contribution in [3.8, 4) is 11.5 Å². The van der Waals surface area contributed by atoms with Gasteiger partial charge in [-0.3, -0.25) is 4.79 Å². The maximum atomic E-state index is 12.4. The van der Waals surface area contributed by atoms with Gasteiger partial charge in [-0.05, 0) is 25.5 Å². The third-order valence-corrected chi connectivity index (χ3v) is 3.06. The van der Waals surface area contributed by atoms with Crippen LogP contribution < -0.4 is 15.2 Å². The molecule has 0 fully saturated rings. The number of ether oxygens (including phenoxy) is 2. The van der Waals surface area contributed by atoms with Crippen molar-refractivity contribution in [1.29, 1.82) is 0 Å². The van der Waals surface area contributed by atoms with Crippen molar-refractivity contribution in [1.82, 2.24) is 4.90 Å². The lowest BCUT2D eigenvalue weighted by Crippen LogP contribution is -2.32. The van der Waals surface area contributed by atoms with Gasteiger partial charge < -0.3 is 20.1 Å². The molecular formula is C14H20N2O3. The highest BCUT2D eigenvalue weighted by Gasteiger charge is 2.22. The van der Waals surface area contributed by atoms with E-state index in [1.54, 1.807) is 24.1 Å². The van der Waals surface area contributed by atoms with Gasteiger partial charge in [-0.15, -0.1) is 0 Å². The first-order valence-electron chi connectivity index (χ1n) is 6.49. The molecule has 0 saturated carbocycles. The average Bonchev–Trinajstić information content (AvgIpc) is 2.43. The highest BCUT2D eigenvalue weighted by atomic mass is 16.6. The number of nitrogens with two attached hydrogens (primary N) is 1. The maximum Gasteiger partial charge on any atom is 0.257 e. The predicted octanol–water partition coefficient (Wildman–Crippen LogP) is 1.27. The Morgan fingerprint density at radius 1 is 1.42 bits per heavy atom. The van der Waals surface area contributed by atoms with Crippen LogP contribution in [0.4, 0.5) is 0 Å². The number of fused-ring (bicyclic) bond motifs is 1. The Balaban J connectivity index is 2.15. The summed E-state index contributed by atoms with van der Waals surface area (Å²) in [5, 5.41) is 0. The van der Waals surface area contributed by atoms with Crippen LogP contribution in [0, 0.1) is 0 Å². The minimum absolute atomic E-state index is 0.0667. The zero-order valence-electron chi connectivity index (χ0n) is 11.4. The first-order chi connectivity index (χ1) is 9.09. The van der Waals surface area contributed by atoms with E-state index in [9.17, 15) is 4.79 Å². The van der Waals surface area contributed by atoms with Crippen molar-refractivity contribution in [2.45, 2.75) is 19.4 Å². The summed E-state index contributed by atoms with van der Waals surface area (Å²) in [6.45, 7) is 3.55. The molecule has 1 aliphatic rings. The van der Waals surface area contributed by atoms with Gasteiger partial charge in [0.2, 0.25) is 0 Å². The first kappa shape index (κ1) is 13.7. The Bertz CT molecular complexity index is 460. The van der Waals surface area contributed by atoms with E-state index in [-0.39, 0.29) is 11.9 Å². The van der Waals surface area contributed by atoms with Gasteiger partial charge in [0.05, 0.1) is 5.56 Å². The number of para-hydroxylation sites is 1. The topological polar surface area (TPSA) is 64.8 Å². The summed E-state index contributed by atoms with van der Waals surface area (Å²) < 4.78 is 11.0. The number of nitrogens with zero attached hydrogens (tertiary/aromatic N) is 1. The number of hydrogen-bond donors (Lipinski definition) is 1. The van der Waals surface area contributed by atoms with Crippen molar-refractivity contribution in [3.05, 3.63) is 23.8 Å². The Kier molecular flexibility index (Phi) is 4.27. The molecule has 1 heterocycles. The molecule has 0 saturated heterocycles. The van der Waals surface area contributed by atoms with E-state index in [0.29, 0.717) is 36.8 Å². The van der Waals surface area contributed by atoms with Crippen molar-refractivity contribution >= 4 is 5.91 Å². The lowest BCUT2D eigenvalue weighted by Gasteiger charge is -2.23. The normalized spacial score (nSPS) is 14.9. The highest BCUT2D eigenvalue weighted by molar-refractivity contribution is 5.97. The third kappa shape index (κ3) is 3.17. The summed E-state index contributed by atoms with van der Waals surface area (Å²) in [4.78, 5) is 14.0. The maximum absolute atomic E-state index is 12.4. The van der Waals surface area contributed by atoms with E-state index in [1.165, 1.54) is 0 Å². The molecule has 5 heteroatoms. The van der Waals surface area contributed by atoms with Crippen LogP contribution in [0.1, 0.15) is 23.7 Å². The highest BCUT2D eigenvalue weighted by Crippen LogP contribution is 2.34. The molecule has 19 heavy (non-hydrogen) atoms. The molecule has 0 spiro atoms. The first-order valence-corrected chi connectivity index (χ1v) is 6.49. The molecule has 2 rings (SSSR count). The van der Waals surface area contributed by atoms with E-state index in [0.717, 1.165) is 6.42 Å². The molecular weight excluding hydrogens is 244 g/mol. The van der Waals surface area contributed by atoms with Crippen molar-refractivity contribution in [2.24, 2.45) is 5.73 Å². The fourth-order valence-corrected chi connectivity index (χ4v) is 1.95. The minimum Gasteiger partial charge on any atom is -0.486 e. The van der Waals surface area contributed by atoms with Crippen molar-refractivity contribution < 1.29 is 14.3 Å². The lowest BCUT2D eigenvalue weighted by atomic mass is 10.1. The Morgan fingerprint density at radius 2 is 2.16 bits per heavy atom. The van der Waals surface area contributed by atoms with E-state index >= 15 is 0 Å². The SMILES string of the molecule is CC(N)CCN(C)C(=O)c1cccc2c1OCCO2. The van der Waals surface area contributed by atoms with Gasteiger partial charge in [0.15, 0.2) is 11.5 Å². The average molecular weight is 264 g/mol. The van der Waals surface area contributed by atoms with Crippen molar-refractivity contribution in [2.75, 3.05) is 26.8 Å². The van der Waals surface area contributed by atoms with Crippen LogP contribution in [0.3, 0.4) is 0 Å². The quantitative estimate of drug-likeness (QED) is 0.889. The number of rotatable bonds is 4. The number of hydrogen-bond acceptors (Lipinski definition) is 4. The number of carbonyl (C=O) groups excluding carboxylic acids is 1. The molecule has 1 aliphatic heterocycles. The molecule has 2 N–H and O–H groups in total. The summed E-state index contributed by atoms with van der Waals surface area (Å²) in [6.07, 6.45) is 0.772. The molecule has 0 bridgehead atoms. The number of carbonyl (C=O) groups is 1. The number of benzene rings is 1. The lowest BCUT2D eigenvalue weighted by molar-refractivity contribution is 0.0781. The minimum atomic E-state index is -0.0667. The van der Waals surface area contributed by atoms with Gasteiger partial charge in [-0.2, -0.15) is 0 Å². The molecule has 1 aromatic rings. The fraction of sp³-hybridized carbons (Fsp3) is 0.500. The molecule has 1 amide bonds. The predicted molar refractivity (Wildman–Crippen MR) is 72.7 cm³/mol. The summed E-state index contributed by atoms with van der Waals surface area (Å²) in [6, 6.07) is 5.46. The van der Waals surface area contributed by atoms with E-state index < -0.39 is 0 Å². The van der Waals surface area contributed by atoms with Crippen molar-refractivity contribution in [3.63, 3.8) is 0 Å². The second-order valence-corrected chi connectivity index (χ2v) is 4.82. The summed E-state index contributed by atoms with van der Waals surface area (Å²) >= 11 is 0. The van der Waals surface area contributed by atoms with Gasteiger partial charge in [-0.1, -0.05) is 6.07 Å². The van der Waals surface area contributed by atoms with Crippen LogP contribution in [0.25, 0.3) is 0 Å². The molecule has 5 nitrogen and oxygen atoms in total. The fourth-order valence-electron chi connectivity index (χ4n) is 1.95. The third-order valence-electron chi connectivity index (χ3n) is 3.06. The number of amides is 1. The van der Waals surface area contributed by atoms with Gasteiger partial charge in [0, 0.05) is 19.6 Å². The van der Waals surface area contributed by atoms with E-state index in [1.807, 2.05) is 13.0 Å². The van der Waals surface area contributed by atoms with E-state index in [4.69, 9.17) is 15.2 Å². The van der Waals surface area contributed by atoms with Gasteiger partial charge >= 0.3 is 0 Å². The summed E-state index contributed by atoms with van der Waals surface area (Å²) in [7, 11) is 1.77. The second-order valence-electron chi connectivity index (χ2n) is 4.82. The summed E-state index contributed by atoms with van der Waals surface area (Å²) in [5.41, 5.74) is 6.25. The summed E-state index contributed by atoms with van der Waals surface area (Å²) in [5.74, 6) is 1.12. The molecule has 0 radical (unpaired) electrons. The van der Waals surface area contributed by atoms with Crippen LogP contribution in [-0.4, -0.2) is 43.7 Å². The molecule has 1 aromatic carbocycles. The molecule has 1 atom stereocenters. The molecule has 0 aromatic heterocycles. The zero-order chi connectivity index (χ0) is 13.8. The zero-order valence-corrected chi connectivity index (χ0v) is 11.4. The Hall–Kier alpha value is -1.75.